The Kier molecular flexibility index (Phi) is 4.45. The highest BCUT2D eigenvalue weighted by Crippen LogP contribution is 2.23. The lowest BCUT2D eigenvalue weighted by molar-refractivity contribution is -0.125. The molecule has 6 heteroatoms. The fourth-order valence-electron chi connectivity index (χ4n) is 2.14. The Balaban J connectivity index is 1.99. The highest BCUT2D eigenvalue weighted by Gasteiger charge is 2.26. The van der Waals surface area contributed by atoms with Gasteiger partial charge in [0.2, 0.25) is 11.8 Å². The molecule has 0 aliphatic carbocycles. The molecule has 108 valence electrons. The van der Waals surface area contributed by atoms with Crippen LogP contribution in [0.2, 0.25) is 0 Å². The summed E-state index contributed by atoms with van der Waals surface area (Å²) >= 11 is 0. The Morgan fingerprint density at radius 2 is 2.20 bits per heavy atom. The number of carbonyl (C=O) groups is 2. The molecule has 1 heterocycles. The number of methoxy groups -OCH3 is 2. The van der Waals surface area contributed by atoms with Gasteiger partial charge in [-0.05, 0) is 24.6 Å². The molecule has 0 unspecified atom stereocenters. The van der Waals surface area contributed by atoms with E-state index in [1.807, 2.05) is 6.07 Å². The smallest absolute Gasteiger partial charge is 0.242 e. The fourth-order valence-corrected chi connectivity index (χ4v) is 2.14. The summed E-state index contributed by atoms with van der Waals surface area (Å²) in [5.41, 5.74) is 0.824. The van der Waals surface area contributed by atoms with Crippen LogP contribution in [-0.2, 0) is 16.1 Å². The lowest BCUT2D eigenvalue weighted by Gasteiger charge is -2.13. The number of hydrogen-bond acceptors (Lipinski definition) is 4. The first-order valence-electron chi connectivity index (χ1n) is 6.42. The van der Waals surface area contributed by atoms with Crippen LogP contribution in [0.25, 0.3) is 0 Å². The van der Waals surface area contributed by atoms with Gasteiger partial charge in [-0.15, -0.1) is 0 Å². The molecule has 6 nitrogen and oxygen atoms in total. The number of nitrogens with one attached hydrogen (secondary N) is 2. The SMILES string of the molecule is COc1ccc(OC)c(CNC(=O)[C@H]2CCC(=O)N2)c1. The van der Waals surface area contributed by atoms with Crippen LogP contribution in [0.4, 0.5) is 0 Å². The average molecular weight is 278 g/mol. The molecule has 1 fully saturated rings. The van der Waals surface area contributed by atoms with Crippen molar-refractivity contribution in [2.24, 2.45) is 0 Å². The molecule has 0 radical (unpaired) electrons. The largest absolute Gasteiger partial charge is 0.497 e. The maximum Gasteiger partial charge on any atom is 0.242 e. The molecule has 0 aromatic heterocycles. The first-order valence-corrected chi connectivity index (χ1v) is 6.42. The lowest BCUT2D eigenvalue weighted by atomic mass is 10.1. The van der Waals surface area contributed by atoms with E-state index >= 15 is 0 Å². The molecule has 1 aromatic rings. The third-order valence-corrected chi connectivity index (χ3v) is 3.25. The minimum atomic E-state index is -0.431. The van der Waals surface area contributed by atoms with Crippen LogP contribution in [0.1, 0.15) is 18.4 Å². The predicted octanol–water partition coefficient (Wildman–Crippen LogP) is 0.599. The zero-order chi connectivity index (χ0) is 14.5. The molecule has 1 atom stereocenters. The second-order valence-corrected chi connectivity index (χ2v) is 4.55. The van der Waals surface area contributed by atoms with Crippen molar-refractivity contribution in [1.82, 2.24) is 10.6 Å². The van der Waals surface area contributed by atoms with E-state index < -0.39 is 6.04 Å². The van der Waals surface area contributed by atoms with Crippen LogP contribution in [0.3, 0.4) is 0 Å². The molecule has 1 aliphatic rings. The van der Waals surface area contributed by atoms with Crippen LogP contribution < -0.4 is 20.1 Å². The van der Waals surface area contributed by atoms with E-state index in [1.165, 1.54) is 0 Å². The quantitative estimate of drug-likeness (QED) is 0.827. The summed E-state index contributed by atoms with van der Waals surface area (Å²) in [4.78, 5) is 23.0. The minimum absolute atomic E-state index is 0.0795. The molecule has 0 bridgehead atoms. The van der Waals surface area contributed by atoms with Crippen molar-refractivity contribution in [3.63, 3.8) is 0 Å². The summed E-state index contributed by atoms with van der Waals surface area (Å²) in [5.74, 6) is 1.12. The third-order valence-electron chi connectivity index (χ3n) is 3.25. The summed E-state index contributed by atoms with van der Waals surface area (Å²) in [7, 11) is 3.16. The van der Waals surface area contributed by atoms with Crippen molar-refractivity contribution in [3.05, 3.63) is 23.8 Å². The Hall–Kier alpha value is -2.24. The van der Waals surface area contributed by atoms with Gasteiger partial charge < -0.3 is 20.1 Å². The molecular formula is C14H18N2O4. The molecular weight excluding hydrogens is 260 g/mol. The van der Waals surface area contributed by atoms with E-state index in [0.717, 1.165) is 5.56 Å². The molecule has 2 N–H and O–H groups in total. The zero-order valence-corrected chi connectivity index (χ0v) is 11.6. The van der Waals surface area contributed by atoms with Gasteiger partial charge in [-0.25, -0.2) is 0 Å². The first-order chi connectivity index (χ1) is 9.63. The van der Waals surface area contributed by atoms with Crippen LogP contribution in [0.5, 0.6) is 11.5 Å². The number of rotatable bonds is 5. The van der Waals surface area contributed by atoms with Gasteiger partial charge in [-0.1, -0.05) is 0 Å². The van der Waals surface area contributed by atoms with Crippen molar-refractivity contribution >= 4 is 11.8 Å². The number of carbonyl (C=O) groups excluding carboxylic acids is 2. The molecule has 1 aromatic carbocycles. The van der Waals surface area contributed by atoms with Crippen molar-refractivity contribution in [2.45, 2.75) is 25.4 Å². The summed E-state index contributed by atoms with van der Waals surface area (Å²) in [6.07, 6.45) is 0.945. The lowest BCUT2D eigenvalue weighted by Crippen LogP contribution is -2.41. The second kappa shape index (κ2) is 6.27. The number of benzene rings is 1. The minimum Gasteiger partial charge on any atom is -0.497 e. The molecule has 2 rings (SSSR count). The van der Waals surface area contributed by atoms with Gasteiger partial charge in [-0.3, -0.25) is 9.59 Å². The highest BCUT2D eigenvalue weighted by atomic mass is 16.5. The van der Waals surface area contributed by atoms with E-state index in [0.29, 0.717) is 30.9 Å². The predicted molar refractivity (Wildman–Crippen MR) is 72.6 cm³/mol. The first kappa shape index (κ1) is 14.2. The van der Waals surface area contributed by atoms with Gasteiger partial charge in [0.15, 0.2) is 0 Å². The van der Waals surface area contributed by atoms with Crippen LogP contribution in [0, 0.1) is 0 Å². The standard InChI is InChI=1S/C14H18N2O4/c1-19-10-3-5-12(20-2)9(7-10)8-15-14(18)11-4-6-13(17)16-11/h3,5,7,11H,4,6,8H2,1-2H3,(H,15,18)(H,16,17)/t11-/m1/s1. The van der Waals surface area contributed by atoms with Crippen molar-refractivity contribution < 1.29 is 19.1 Å². The molecule has 20 heavy (non-hydrogen) atoms. The average Bonchev–Trinajstić information content (AvgIpc) is 2.91. The van der Waals surface area contributed by atoms with Gasteiger partial charge in [0.05, 0.1) is 14.2 Å². The van der Waals surface area contributed by atoms with Crippen LogP contribution in [-0.4, -0.2) is 32.1 Å². The second-order valence-electron chi connectivity index (χ2n) is 4.55. The van der Waals surface area contributed by atoms with E-state index in [9.17, 15) is 9.59 Å². The number of amides is 2. The monoisotopic (exact) mass is 278 g/mol. The summed E-state index contributed by atoms with van der Waals surface area (Å²) in [6, 6.07) is 4.96. The van der Waals surface area contributed by atoms with Crippen molar-refractivity contribution in [2.75, 3.05) is 14.2 Å². The molecule has 0 saturated carbocycles. The molecule has 0 spiro atoms. The maximum atomic E-state index is 11.9. The van der Waals surface area contributed by atoms with Crippen LogP contribution in [0.15, 0.2) is 18.2 Å². The molecule has 1 saturated heterocycles. The Bertz CT molecular complexity index is 516. The van der Waals surface area contributed by atoms with Gasteiger partial charge in [0.1, 0.15) is 17.5 Å². The van der Waals surface area contributed by atoms with E-state index in [4.69, 9.17) is 9.47 Å². The molecule has 1 aliphatic heterocycles. The normalized spacial score (nSPS) is 17.5. The van der Waals surface area contributed by atoms with Gasteiger partial charge in [0.25, 0.3) is 0 Å². The van der Waals surface area contributed by atoms with Crippen LogP contribution >= 0.6 is 0 Å². The van der Waals surface area contributed by atoms with E-state index in [1.54, 1.807) is 26.4 Å². The van der Waals surface area contributed by atoms with Gasteiger partial charge >= 0.3 is 0 Å². The van der Waals surface area contributed by atoms with E-state index in [-0.39, 0.29) is 11.8 Å². The summed E-state index contributed by atoms with van der Waals surface area (Å²) < 4.78 is 10.4. The molecule has 2 amide bonds. The van der Waals surface area contributed by atoms with Gasteiger partial charge in [-0.2, -0.15) is 0 Å². The summed E-state index contributed by atoms with van der Waals surface area (Å²) in [6.45, 7) is 0.325. The number of hydrogen-bond donors (Lipinski definition) is 2. The zero-order valence-electron chi connectivity index (χ0n) is 11.6. The maximum absolute atomic E-state index is 11.9. The van der Waals surface area contributed by atoms with Gasteiger partial charge in [0, 0.05) is 18.5 Å². The Labute approximate surface area is 117 Å². The van der Waals surface area contributed by atoms with E-state index in [2.05, 4.69) is 10.6 Å². The van der Waals surface area contributed by atoms with Crippen molar-refractivity contribution in [1.29, 1.82) is 0 Å². The fraction of sp³-hybridized carbons (Fsp3) is 0.429. The number of ether oxygens (including phenoxy) is 2. The Morgan fingerprint density at radius 3 is 2.80 bits per heavy atom. The highest BCUT2D eigenvalue weighted by molar-refractivity contribution is 5.90. The van der Waals surface area contributed by atoms with Crippen molar-refractivity contribution in [3.8, 4) is 11.5 Å². The third kappa shape index (κ3) is 3.20. The summed E-state index contributed by atoms with van der Waals surface area (Å²) in [5, 5.41) is 5.43. The topological polar surface area (TPSA) is 76.7 Å². The Morgan fingerprint density at radius 1 is 1.40 bits per heavy atom.